The number of nitrogens with two attached hydrogens (primary N) is 1. The first kappa shape index (κ1) is 10.6. The first-order valence-corrected chi connectivity index (χ1v) is 5.66. The Morgan fingerprint density at radius 2 is 2.40 bits per heavy atom. The summed E-state index contributed by atoms with van der Waals surface area (Å²) < 4.78 is 1.01. The summed E-state index contributed by atoms with van der Waals surface area (Å²) in [5, 5.41) is 0. The van der Waals surface area contributed by atoms with Gasteiger partial charge in [0.15, 0.2) is 5.78 Å². The molecular formula is C11H13BrN2O. The van der Waals surface area contributed by atoms with Gasteiger partial charge < -0.3 is 10.6 Å². The SMILES string of the molecule is CN1CC(C(=O)CN)c2cc(Br)ccc21. The number of anilines is 1. The Labute approximate surface area is 97.4 Å². The van der Waals surface area contributed by atoms with Crippen molar-refractivity contribution in [3.05, 3.63) is 28.2 Å². The second-order valence-corrected chi connectivity index (χ2v) is 4.72. The molecule has 1 aliphatic rings. The van der Waals surface area contributed by atoms with Gasteiger partial charge in [-0.1, -0.05) is 15.9 Å². The van der Waals surface area contributed by atoms with Crippen LogP contribution in [0.15, 0.2) is 22.7 Å². The molecular weight excluding hydrogens is 256 g/mol. The molecule has 1 aliphatic heterocycles. The van der Waals surface area contributed by atoms with Crippen molar-refractivity contribution in [1.82, 2.24) is 0 Å². The molecule has 0 saturated heterocycles. The van der Waals surface area contributed by atoms with E-state index in [0.717, 1.165) is 22.3 Å². The highest BCUT2D eigenvalue weighted by Crippen LogP contribution is 2.37. The molecule has 0 spiro atoms. The van der Waals surface area contributed by atoms with Gasteiger partial charge >= 0.3 is 0 Å². The summed E-state index contributed by atoms with van der Waals surface area (Å²) in [5.41, 5.74) is 7.63. The van der Waals surface area contributed by atoms with Gasteiger partial charge in [0.25, 0.3) is 0 Å². The van der Waals surface area contributed by atoms with Crippen molar-refractivity contribution < 1.29 is 4.79 Å². The molecule has 2 rings (SSSR count). The smallest absolute Gasteiger partial charge is 0.155 e. The van der Waals surface area contributed by atoms with Crippen LogP contribution < -0.4 is 10.6 Å². The molecule has 0 fully saturated rings. The van der Waals surface area contributed by atoms with Crippen LogP contribution in [0.2, 0.25) is 0 Å². The van der Waals surface area contributed by atoms with E-state index in [0.29, 0.717) is 0 Å². The molecule has 1 heterocycles. The predicted molar refractivity (Wildman–Crippen MR) is 64.2 cm³/mol. The Bertz CT molecular complexity index is 406. The molecule has 2 N–H and O–H groups in total. The summed E-state index contributed by atoms with van der Waals surface area (Å²) >= 11 is 3.42. The van der Waals surface area contributed by atoms with Crippen LogP contribution in [0.1, 0.15) is 11.5 Å². The molecule has 0 saturated carbocycles. The van der Waals surface area contributed by atoms with Crippen LogP contribution >= 0.6 is 15.9 Å². The lowest BCUT2D eigenvalue weighted by Gasteiger charge is -2.11. The third kappa shape index (κ3) is 1.79. The zero-order valence-corrected chi connectivity index (χ0v) is 10.1. The maximum Gasteiger partial charge on any atom is 0.155 e. The number of hydrogen-bond donors (Lipinski definition) is 1. The zero-order chi connectivity index (χ0) is 11.0. The van der Waals surface area contributed by atoms with Crippen LogP contribution in [0, 0.1) is 0 Å². The minimum absolute atomic E-state index is 0.0625. The highest BCUT2D eigenvalue weighted by Gasteiger charge is 2.30. The number of ketones is 1. The van der Waals surface area contributed by atoms with Crippen LogP contribution in [-0.4, -0.2) is 25.9 Å². The number of likely N-dealkylation sites (N-methyl/N-ethyl adjacent to an activating group) is 1. The first-order valence-electron chi connectivity index (χ1n) is 4.87. The number of benzene rings is 1. The number of fused-ring (bicyclic) bond motifs is 1. The third-order valence-corrected chi connectivity index (χ3v) is 3.32. The van der Waals surface area contributed by atoms with E-state index >= 15 is 0 Å². The zero-order valence-electron chi connectivity index (χ0n) is 8.53. The van der Waals surface area contributed by atoms with Gasteiger partial charge in [0.1, 0.15) is 0 Å². The molecule has 1 unspecified atom stereocenters. The minimum Gasteiger partial charge on any atom is -0.373 e. The van der Waals surface area contributed by atoms with E-state index in [4.69, 9.17) is 5.73 Å². The second-order valence-electron chi connectivity index (χ2n) is 3.81. The predicted octanol–water partition coefficient (Wildman–Crippen LogP) is 1.51. The number of nitrogens with zero attached hydrogens (tertiary/aromatic N) is 1. The standard InChI is InChI=1S/C11H13BrN2O/c1-14-6-9(11(15)5-13)8-4-7(12)2-3-10(8)14/h2-4,9H,5-6,13H2,1H3. The molecule has 0 aromatic heterocycles. The van der Waals surface area contributed by atoms with Gasteiger partial charge in [-0.05, 0) is 23.8 Å². The Morgan fingerprint density at radius 3 is 3.07 bits per heavy atom. The molecule has 0 radical (unpaired) electrons. The number of halogens is 1. The van der Waals surface area contributed by atoms with Gasteiger partial charge in [-0.3, -0.25) is 4.79 Å². The maximum absolute atomic E-state index is 11.7. The van der Waals surface area contributed by atoms with E-state index in [1.165, 1.54) is 0 Å². The lowest BCUT2D eigenvalue weighted by Crippen LogP contribution is -2.25. The quantitative estimate of drug-likeness (QED) is 0.885. The fourth-order valence-corrected chi connectivity index (χ4v) is 2.42. The van der Waals surface area contributed by atoms with Gasteiger partial charge in [0, 0.05) is 23.8 Å². The normalized spacial score (nSPS) is 19.1. The largest absolute Gasteiger partial charge is 0.373 e. The van der Waals surface area contributed by atoms with Crippen LogP contribution in [0.4, 0.5) is 5.69 Å². The summed E-state index contributed by atoms with van der Waals surface area (Å²) in [5.74, 6) is 0.0474. The Balaban J connectivity index is 2.44. The van der Waals surface area contributed by atoms with Crippen LogP contribution in [0.25, 0.3) is 0 Å². The van der Waals surface area contributed by atoms with Crippen molar-refractivity contribution in [3.8, 4) is 0 Å². The Hall–Kier alpha value is -0.870. The third-order valence-electron chi connectivity index (χ3n) is 2.82. The highest BCUT2D eigenvalue weighted by molar-refractivity contribution is 9.10. The lowest BCUT2D eigenvalue weighted by atomic mass is 9.97. The average molecular weight is 269 g/mol. The van der Waals surface area contributed by atoms with Crippen molar-refractivity contribution in [2.75, 3.05) is 25.0 Å². The number of Topliss-reactive ketones (excluding diaryl/α,β-unsaturated/α-hetero) is 1. The topological polar surface area (TPSA) is 46.3 Å². The average Bonchev–Trinajstić information content (AvgIpc) is 2.54. The molecule has 3 nitrogen and oxygen atoms in total. The maximum atomic E-state index is 11.7. The molecule has 1 aromatic carbocycles. The minimum atomic E-state index is -0.0625. The second kappa shape index (κ2) is 3.94. The molecule has 1 aromatic rings. The summed E-state index contributed by atoms with van der Waals surface area (Å²) in [4.78, 5) is 13.8. The fraction of sp³-hybridized carbons (Fsp3) is 0.364. The summed E-state index contributed by atoms with van der Waals surface area (Å²) in [6, 6.07) is 6.03. The van der Waals surface area contributed by atoms with Crippen LogP contribution in [-0.2, 0) is 4.79 Å². The molecule has 80 valence electrons. The molecule has 0 bridgehead atoms. The fourth-order valence-electron chi connectivity index (χ4n) is 2.04. The van der Waals surface area contributed by atoms with Crippen molar-refractivity contribution >= 4 is 27.4 Å². The number of carbonyl (C=O) groups is 1. The summed E-state index contributed by atoms with van der Waals surface area (Å²) in [6.45, 7) is 0.853. The highest BCUT2D eigenvalue weighted by atomic mass is 79.9. The van der Waals surface area contributed by atoms with E-state index in [2.05, 4.69) is 20.8 Å². The van der Waals surface area contributed by atoms with Gasteiger partial charge in [-0.15, -0.1) is 0 Å². The number of rotatable bonds is 2. The van der Waals surface area contributed by atoms with Crippen LogP contribution in [0.3, 0.4) is 0 Å². The van der Waals surface area contributed by atoms with Gasteiger partial charge in [-0.2, -0.15) is 0 Å². The van der Waals surface area contributed by atoms with E-state index in [9.17, 15) is 4.79 Å². The van der Waals surface area contributed by atoms with Crippen molar-refractivity contribution in [2.24, 2.45) is 5.73 Å². The Kier molecular flexibility index (Phi) is 2.80. The van der Waals surface area contributed by atoms with E-state index in [1.54, 1.807) is 0 Å². The number of hydrogen-bond acceptors (Lipinski definition) is 3. The monoisotopic (exact) mass is 268 g/mol. The first-order chi connectivity index (χ1) is 7.13. The molecule has 0 amide bonds. The molecule has 0 aliphatic carbocycles. The van der Waals surface area contributed by atoms with Crippen molar-refractivity contribution in [1.29, 1.82) is 0 Å². The molecule has 4 heteroatoms. The van der Waals surface area contributed by atoms with Gasteiger partial charge in [0.05, 0.1) is 12.5 Å². The number of carbonyl (C=O) groups excluding carboxylic acids is 1. The lowest BCUT2D eigenvalue weighted by molar-refractivity contribution is -0.118. The van der Waals surface area contributed by atoms with Gasteiger partial charge in [-0.25, -0.2) is 0 Å². The summed E-state index contributed by atoms with van der Waals surface area (Å²) in [7, 11) is 2.00. The van der Waals surface area contributed by atoms with E-state index in [1.807, 2.05) is 25.2 Å². The van der Waals surface area contributed by atoms with Crippen LogP contribution in [0.5, 0.6) is 0 Å². The van der Waals surface area contributed by atoms with E-state index < -0.39 is 0 Å². The van der Waals surface area contributed by atoms with Gasteiger partial charge in [0.2, 0.25) is 0 Å². The molecule has 1 atom stereocenters. The van der Waals surface area contributed by atoms with Crippen molar-refractivity contribution in [2.45, 2.75) is 5.92 Å². The van der Waals surface area contributed by atoms with Crippen molar-refractivity contribution in [3.63, 3.8) is 0 Å². The summed E-state index contributed by atoms with van der Waals surface area (Å²) in [6.07, 6.45) is 0. The molecule has 15 heavy (non-hydrogen) atoms. The van der Waals surface area contributed by atoms with E-state index in [-0.39, 0.29) is 18.2 Å². The Morgan fingerprint density at radius 1 is 1.67 bits per heavy atom.